The van der Waals surface area contributed by atoms with Crippen LogP contribution >= 0.6 is 0 Å². The van der Waals surface area contributed by atoms with Crippen LogP contribution in [-0.4, -0.2) is 32.1 Å². The van der Waals surface area contributed by atoms with Crippen molar-refractivity contribution in [2.24, 2.45) is 17.6 Å². The van der Waals surface area contributed by atoms with Gasteiger partial charge >= 0.3 is 0 Å². The van der Waals surface area contributed by atoms with Gasteiger partial charge in [0.05, 0.1) is 5.56 Å². The molecule has 2 aliphatic heterocycles. The van der Waals surface area contributed by atoms with E-state index in [4.69, 9.17) is 5.73 Å². The molecule has 0 aromatic heterocycles. The molecule has 96 valence electrons. The van der Waals surface area contributed by atoms with Crippen LogP contribution in [0.15, 0.2) is 18.2 Å². The van der Waals surface area contributed by atoms with E-state index in [1.54, 1.807) is 0 Å². The van der Waals surface area contributed by atoms with Gasteiger partial charge in [-0.05, 0) is 36.5 Å². The molecule has 0 aliphatic carbocycles. The van der Waals surface area contributed by atoms with Gasteiger partial charge < -0.3 is 16.0 Å². The molecule has 2 fully saturated rings. The minimum atomic E-state index is -0.333. The summed E-state index contributed by atoms with van der Waals surface area (Å²) in [6, 6.07) is 5.87. The van der Waals surface area contributed by atoms with Crippen LogP contribution < -0.4 is 16.0 Å². The summed E-state index contributed by atoms with van der Waals surface area (Å²) in [5.41, 5.74) is 8.30. The van der Waals surface area contributed by atoms with Crippen LogP contribution in [0.5, 0.6) is 0 Å². The second-order valence-electron chi connectivity index (χ2n) is 5.47. The fourth-order valence-corrected chi connectivity index (χ4v) is 3.16. The first-order valence-corrected chi connectivity index (χ1v) is 6.51. The minimum Gasteiger partial charge on any atom is -0.370 e. The maximum Gasteiger partial charge on any atom is 0.250 e. The molecular weight excluding hydrogens is 226 g/mol. The van der Waals surface area contributed by atoms with Gasteiger partial charge in [-0.2, -0.15) is 0 Å². The number of nitrogens with two attached hydrogens (primary N) is 1. The monoisotopic (exact) mass is 245 g/mol. The molecule has 4 heteroatoms. The van der Waals surface area contributed by atoms with Crippen LogP contribution in [0.4, 0.5) is 5.69 Å². The highest BCUT2D eigenvalue weighted by atomic mass is 16.1. The lowest BCUT2D eigenvalue weighted by molar-refractivity contribution is 0.100. The van der Waals surface area contributed by atoms with E-state index in [0.717, 1.165) is 31.9 Å². The summed E-state index contributed by atoms with van der Waals surface area (Å²) < 4.78 is 0. The van der Waals surface area contributed by atoms with E-state index in [2.05, 4.69) is 16.3 Å². The van der Waals surface area contributed by atoms with Gasteiger partial charge in [-0.3, -0.25) is 4.79 Å². The number of benzene rings is 1. The van der Waals surface area contributed by atoms with Gasteiger partial charge in [0.15, 0.2) is 0 Å². The molecule has 2 heterocycles. The smallest absolute Gasteiger partial charge is 0.250 e. The Kier molecular flexibility index (Phi) is 2.74. The third kappa shape index (κ3) is 1.86. The topological polar surface area (TPSA) is 58.4 Å². The summed E-state index contributed by atoms with van der Waals surface area (Å²) in [5, 5.41) is 3.43. The second kappa shape index (κ2) is 4.28. The molecule has 1 aromatic carbocycles. The zero-order valence-corrected chi connectivity index (χ0v) is 10.6. The van der Waals surface area contributed by atoms with Crippen molar-refractivity contribution in [3.05, 3.63) is 29.3 Å². The van der Waals surface area contributed by atoms with Gasteiger partial charge in [0.1, 0.15) is 0 Å². The van der Waals surface area contributed by atoms with Crippen molar-refractivity contribution in [1.29, 1.82) is 0 Å². The van der Waals surface area contributed by atoms with E-state index in [1.165, 1.54) is 5.56 Å². The number of nitrogens with zero attached hydrogens (tertiary/aromatic N) is 1. The second-order valence-corrected chi connectivity index (χ2v) is 5.47. The third-order valence-corrected chi connectivity index (χ3v) is 4.15. The maximum absolute atomic E-state index is 11.5. The summed E-state index contributed by atoms with van der Waals surface area (Å²) >= 11 is 0. The van der Waals surface area contributed by atoms with Crippen molar-refractivity contribution in [1.82, 2.24) is 5.32 Å². The van der Waals surface area contributed by atoms with E-state index in [9.17, 15) is 4.79 Å². The van der Waals surface area contributed by atoms with Crippen LogP contribution in [0.1, 0.15) is 15.9 Å². The quantitative estimate of drug-likeness (QED) is 0.808. The average Bonchev–Trinajstić information content (AvgIpc) is 2.88. The number of nitrogens with one attached hydrogen (secondary N) is 1. The van der Waals surface area contributed by atoms with Gasteiger partial charge in [-0.25, -0.2) is 0 Å². The number of anilines is 1. The lowest BCUT2D eigenvalue weighted by Gasteiger charge is -2.22. The zero-order chi connectivity index (χ0) is 12.7. The molecule has 0 unspecified atom stereocenters. The first-order valence-electron chi connectivity index (χ1n) is 6.51. The van der Waals surface area contributed by atoms with Crippen molar-refractivity contribution >= 4 is 11.6 Å². The van der Waals surface area contributed by atoms with Crippen molar-refractivity contribution < 1.29 is 4.79 Å². The van der Waals surface area contributed by atoms with Crippen LogP contribution in [0, 0.1) is 18.8 Å². The van der Waals surface area contributed by atoms with Crippen LogP contribution in [0.25, 0.3) is 0 Å². The molecule has 4 nitrogen and oxygen atoms in total. The van der Waals surface area contributed by atoms with Crippen LogP contribution in [0.2, 0.25) is 0 Å². The molecule has 1 aromatic rings. The Morgan fingerprint density at radius 3 is 2.61 bits per heavy atom. The Bertz CT molecular complexity index is 474. The molecule has 2 atom stereocenters. The summed E-state index contributed by atoms with van der Waals surface area (Å²) in [7, 11) is 0. The number of fused-ring (bicyclic) bond motifs is 1. The van der Waals surface area contributed by atoms with E-state index in [1.807, 2.05) is 19.1 Å². The number of carbonyl (C=O) groups is 1. The predicted molar refractivity (Wildman–Crippen MR) is 71.8 cm³/mol. The highest BCUT2D eigenvalue weighted by Crippen LogP contribution is 2.32. The molecule has 3 N–H and O–H groups in total. The number of hydrogen-bond acceptors (Lipinski definition) is 3. The van der Waals surface area contributed by atoms with Gasteiger partial charge in [-0.1, -0.05) is 6.07 Å². The van der Waals surface area contributed by atoms with Crippen LogP contribution in [-0.2, 0) is 0 Å². The first kappa shape index (κ1) is 11.5. The van der Waals surface area contributed by atoms with E-state index in [-0.39, 0.29) is 5.91 Å². The van der Waals surface area contributed by atoms with E-state index in [0.29, 0.717) is 17.4 Å². The van der Waals surface area contributed by atoms with Crippen molar-refractivity contribution in [3.63, 3.8) is 0 Å². The standard InChI is InChI=1S/C14H19N3O/c1-9-2-3-12(14(15)18)13(4-9)17-7-10-5-16-6-11(10)8-17/h2-4,10-11,16H,5-8H2,1H3,(H2,15,18)/t10-,11+. The molecular formula is C14H19N3O. The molecule has 0 radical (unpaired) electrons. The Morgan fingerprint density at radius 1 is 1.33 bits per heavy atom. The Balaban J connectivity index is 1.92. The molecule has 2 aliphatic rings. The maximum atomic E-state index is 11.5. The summed E-state index contributed by atoms with van der Waals surface area (Å²) in [6.07, 6.45) is 0. The number of carbonyl (C=O) groups excluding carboxylic acids is 1. The Labute approximate surface area is 107 Å². The summed E-state index contributed by atoms with van der Waals surface area (Å²) in [6.45, 7) is 6.30. The average molecular weight is 245 g/mol. The van der Waals surface area contributed by atoms with Crippen molar-refractivity contribution in [3.8, 4) is 0 Å². The van der Waals surface area contributed by atoms with E-state index < -0.39 is 0 Å². The molecule has 0 bridgehead atoms. The van der Waals surface area contributed by atoms with Crippen molar-refractivity contribution in [2.75, 3.05) is 31.1 Å². The van der Waals surface area contributed by atoms with Crippen LogP contribution in [0.3, 0.4) is 0 Å². The van der Waals surface area contributed by atoms with Crippen molar-refractivity contribution in [2.45, 2.75) is 6.92 Å². The summed E-state index contributed by atoms with van der Waals surface area (Å²) in [4.78, 5) is 13.8. The SMILES string of the molecule is Cc1ccc(C(N)=O)c(N2C[C@H]3CNC[C@H]3C2)c1. The largest absolute Gasteiger partial charge is 0.370 e. The zero-order valence-electron chi connectivity index (χ0n) is 10.6. The molecule has 0 saturated carbocycles. The highest BCUT2D eigenvalue weighted by molar-refractivity contribution is 5.98. The van der Waals surface area contributed by atoms with Gasteiger partial charge in [0.25, 0.3) is 5.91 Å². The number of hydrogen-bond donors (Lipinski definition) is 2. The molecule has 0 spiro atoms. The number of rotatable bonds is 2. The minimum absolute atomic E-state index is 0.333. The fourth-order valence-electron chi connectivity index (χ4n) is 3.16. The lowest BCUT2D eigenvalue weighted by Crippen LogP contribution is -2.28. The van der Waals surface area contributed by atoms with Gasteiger partial charge in [0.2, 0.25) is 0 Å². The molecule has 2 saturated heterocycles. The lowest BCUT2D eigenvalue weighted by atomic mass is 10.0. The Hall–Kier alpha value is -1.55. The molecule has 18 heavy (non-hydrogen) atoms. The number of aryl methyl sites for hydroxylation is 1. The normalized spacial score (nSPS) is 26.4. The fraction of sp³-hybridized carbons (Fsp3) is 0.500. The van der Waals surface area contributed by atoms with Gasteiger partial charge in [-0.15, -0.1) is 0 Å². The van der Waals surface area contributed by atoms with E-state index >= 15 is 0 Å². The molecule has 1 amide bonds. The first-order chi connectivity index (χ1) is 8.65. The highest BCUT2D eigenvalue weighted by Gasteiger charge is 2.36. The summed E-state index contributed by atoms with van der Waals surface area (Å²) in [5.74, 6) is 1.10. The van der Waals surface area contributed by atoms with Gasteiger partial charge in [0, 0.05) is 31.9 Å². The Morgan fingerprint density at radius 2 is 2.00 bits per heavy atom. The predicted octanol–water partition coefficient (Wildman–Crippen LogP) is 0.750. The third-order valence-electron chi connectivity index (χ3n) is 4.15. The number of amides is 1. The number of primary amides is 1. The molecule has 3 rings (SSSR count).